The van der Waals surface area contributed by atoms with Gasteiger partial charge < -0.3 is 5.11 Å². The van der Waals surface area contributed by atoms with Gasteiger partial charge >= 0.3 is 5.97 Å². The van der Waals surface area contributed by atoms with Crippen molar-refractivity contribution in [3.63, 3.8) is 0 Å². The Morgan fingerprint density at radius 1 is 1.60 bits per heavy atom. The fourth-order valence-corrected chi connectivity index (χ4v) is 1.21. The Balaban J connectivity index is 2.96. The molecule has 5 nitrogen and oxygen atoms in total. The molecule has 0 saturated heterocycles. The summed E-state index contributed by atoms with van der Waals surface area (Å²) >= 11 is 0. The number of aliphatic carboxylic acids is 1. The molecular formula is C10H15N3O2. The Morgan fingerprint density at radius 2 is 2.33 bits per heavy atom. The predicted molar refractivity (Wildman–Crippen MR) is 55.3 cm³/mol. The number of nitrogens with zero attached hydrogens (tertiary/aromatic N) is 2. The van der Waals surface area contributed by atoms with E-state index in [4.69, 9.17) is 0 Å². The lowest BCUT2D eigenvalue weighted by molar-refractivity contribution is -0.144. The number of hydrogen-bond donors (Lipinski definition) is 2. The van der Waals surface area contributed by atoms with Gasteiger partial charge in [0.1, 0.15) is 0 Å². The summed E-state index contributed by atoms with van der Waals surface area (Å²) < 4.78 is 0. The molecule has 0 saturated carbocycles. The topological polar surface area (TPSA) is 75.1 Å². The number of carboxylic acids is 1. The second-order valence-corrected chi connectivity index (χ2v) is 3.45. The first-order valence-corrected chi connectivity index (χ1v) is 4.86. The zero-order valence-electron chi connectivity index (χ0n) is 8.90. The number of hydrogen-bond acceptors (Lipinski definition) is 4. The third-order valence-corrected chi connectivity index (χ3v) is 2.23. The van der Waals surface area contributed by atoms with E-state index in [0.29, 0.717) is 12.2 Å². The summed E-state index contributed by atoms with van der Waals surface area (Å²) in [6.45, 7) is 4.19. The van der Waals surface area contributed by atoms with E-state index >= 15 is 0 Å². The molecule has 82 valence electrons. The zero-order valence-corrected chi connectivity index (χ0v) is 8.90. The first-order valence-electron chi connectivity index (χ1n) is 4.86. The summed E-state index contributed by atoms with van der Waals surface area (Å²) in [5.74, 6) is -0.948. The molecule has 0 aliphatic carbocycles. The first kappa shape index (κ1) is 11.6. The second-order valence-electron chi connectivity index (χ2n) is 3.45. The molecular weight excluding hydrogens is 194 g/mol. The van der Waals surface area contributed by atoms with Crippen LogP contribution >= 0.6 is 0 Å². The molecule has 0 spiro atoms. The van der Waals surface area contributed by atoms with Crippen molar-refractivity contribution in [3.05, 3.63) is 24.3 Å². The highest BCUT2D eigenvalue weighted by Crippen LogP contribution is 2.17. The number of nitrogens with one attached hydrogen (secondary N) is 1. The van der Waals surface area contributed by atoms with E-state index in [0.717, 1.165) is 6.42 Å². The molecule has 1 aromatic rings. The van der Waals surface area contributed by atoms with Crippen LogP contribution in [0.1, 0.15) is 26.0 Å². The highest BCUT2D eigenvalue weighted by atomic mass is 16.4. The van der Waals surface area contributed by atoms with Crippen LogP contribution in [-0.4, -0.2) is 27.6 Å². The summed E-state index contributed by atoms with van der Waals surface area (Å²) in [4.78, 5) is 19.1. The molecule has 0 bridgehead atoms. The average Bonchev–Trinajstić information content (AvgIpc) is 2.27. The van der Waals surface area contributed by atoms with E-state index < -0.39 is 11.5 Å². The summed E-state index contributed by atoms with van der Waals surface area (Å²) in [6, 6.07) is 0. The summed E-state index contributed by atoms with van der Waals surface area (Å²) in [5, 5.41) is 12.1. The SMILES string of the molecule is CCCNC(C)(C(=O)O)c1cnccn1. The van der Waals surface area contributed by atoms with Crippen LogP contribution in [0.5, 0.6) is 0 Å². The maximum Gasteiger partial charge on any atom is 0.329 e. The fourth-order valence-electron chi connectivity index (χ4n) is 1.21. The van der Waals surface area contributed by atoms with E-state index in [9.17, 15) is 9.90 Å². The van der Waals surface area contributed by atoms with E-state index in [1.54, 1.807) is 6.92 Å². The largest absolute Gasteiger partial charge is 0.480 e. The first-order chi connectivity index (χ1) is 7.11. The quantitative estimate of drug-likeness (QED) is 0.749. The lowest BCUT2D eigenvalue weighted by Crippen LogP contribution is -2.47. The smallest absolute Gasteiger partial charge is 0.329 e. The fraction of sp³-hybridized carbons (Fsp3) is 0.500. The van der Waals surface area contributed by atoms with Gasteiger partial charge in [-0.05, 0) is 19.9 Å². The van der Waals surface area contributed by atoms with Crippen molar-refractivity contribution in [1.82, 2.24) is 15.3 Å². The number of rotatable bonds is 5. The molecule has 0 aliphatic heterocycles. The van der Waals surface area contributed by atoms with Crippen LogP contribution in [-0.2, 0) is 10.3 Å². The normalized spacial score (nSPS) is 14.5. The van der Waals surface area contributed by atoms with Gasteiger partial charge in [-0.15, -0.1) is 0 Å². The Morgan fingerprint density at radius 3 is 2.80 bits per heavy atom. The predicted octanol–water partition coefficient (Wildman–Crippen LogP) is 0.776. The van der Waals surface area contributed by atoms with Gasteiger partial charge in [0.25, 0.3) is 0 Å². The van der Waals surface area contributed by atoms with Gasteiger partial charge in [0, 0.05) is 12.4 Å². The Bertz CT molecular complexity index is 329. The molecule has 1 heterocycles. The van der Waals surface area contributed by atoms with Crippen molar-refractivity contribution in [2.75, 3.05) is 6.54 Å². The lowest BCUT2D eigenvalue weighted by Gasteiger charge is -2.24. The summed E-state index contributed by atoms with van der Waals surface area (Å²) in [5.41, 5.74) is -0.740. The molecule has 0 aliphatic rings. The van der Waals surface area contributed by atoms with Gasteiger partial charge in [0.2, 0.25) is 0 Å². The van der Waals surface area contributed by atoms with Gasteiger partial charge in [-0.3, -0.25) is 15.3 Å². The molecule has 0 aromatic carbocycles. The van der Waals surface area contributed by atoms with Crippen molar-refractivity contribution in [2.24, 2.45) is 0 Å². The third kappa shape index (κ3) is 2.50. The second kappa shape index (κ2) is 4.84. The molecule has 15 heavy (non-hydrogen) atoms. The van der Waals surface area contributed by atoms with Crippen molar-refractivity contribution in [2.45, 2.75) is 25.8 Å². The average molecular weight is 209 g/mol. The third-order valence-electron chi connectivity index (χ3n) is 2.23. The van der Waals surface area contributed by atoms with E-state index in [1.165, 1.54) is 18.6 Å². The Kier molecular flexibility index (Phi) is 3.74. The summed E-state index contributed by atoms with van der Waals surface area (Å²) in [7, 11) is 0. The van der Waals surface area contributed by atoms with Crippen LogP contribution in [0.15, 0.2) is 18.6 Å². The van der Waals surface area contributed by atoms with Crippen molar-refractivity contribution < 1.29 is 9.90 Å². The maximum atomic E-state index is 11.2. The van der Waals surface area contributed by atoms with E-state index in [1.807, 2.05) is 6.92 Å². The number of aromatic nitrogens is 2. The minimum Gasteiger partial charge on any atom is -0.480 e. The Hall–Kier alpha value is -1.49. The van der Waals surface area contributed by atoms with Crippen molar-refractivity contribution >= 4 is 5.97 Å². The number of carbonyl (C=O) groups is 1. The lowest BCUT2D eigenvalue weighted by atomic mass is 9.98. The van der Waals surface area contributed by atoms with Crippen molar-refractivity contribution in [1.29, 1.82) is 0 Å². The molecule has 1 unspecified atom stereocenters. The minimum absolute atomic E-state index is 0.422. The highest BCUT2D eigenvalue weighted by molar-refractivity contribution is 5.79. The molecule has 0 radical (unpaired) electrons. The van der Waals surface area contributed by atoms with Gasteiger partial charge in [0.05, 0.1) is 11.9 Å². The summed E-state index contributed by atoms with van der Waals surface area (Å²) in [6.07, 6.45) is 5.34. The van der Waals surface area contributed by atoms with E-state index in [-0.39, 0.29) is 0 Å². The molecule has 0 amide bonds. The van der Waals surface area contributed by atoms with Gasteiger partial charge in [-0.25, -0.2) is 4.79 Å². The zero-order chi connectivity index (χ0) is 11.3. The van der Waals surface area contributed by atoms with Crippen LogP contribution < -0.4 is 5.32 Å². The van der Waals surface area contributed by atoms with Crippen LogP contribution in [0.2, 0.25) is 0 Å². The molecule has 0 fully saturated rings. The Labute approximate surface area is 88.6 Å². The highest BCUT2D eigenvalue weighted by Gasteiger charge is 2.35. The van der Waals surface area contributed by atoms with Crippen LogP contribution in [0.4, 0.5) is 0 Å². The minimum atomic E-state index is -1.16. The molecule has 1 aromatic heterocycles. The molecule has 2 N–H and O–H groups in total. The van der Waals surface area contributed by atoms with Gasteiger partial charge in [-0.2, -0.15) is 0 Å². The maximum absolute atomic E-state index is 11.2. The van der Waals surface area contributed by atoms with Crippen LogP contribution in [0.3, 0.4) is 0 Å². The monoisotopic (exact) mass is 209 g/mol. The molecule has 1 atom stereocenters. The van der Waals surface area contributed by atoms with Gasteiger partial charge in [0.15, 0.2) is 5.54 Å². The number of carboxylic acid groups (broad SMARTS) is 1. The van der Waals surface area contributed by atoms with E-state index in [2.05, 4.69) is 15.3 Å². The molecule has 5 heteroatoms. The standard InChI is InChI=1S/C10H15N3O2/c1-3-4-13-10(2,9(14)15)8-7-11-5-6-12-8/h5-7,13H,3-4H2,1-2H3,(H,14,15). The molecule has 1 rings (SSSR count). The van der Waals surface area contributed by atoms with Crippen molar-refractivity contribution in [3.8, 4) is 0 Å². The van der Waals surface area contributed by atoms with Crippen LogP contribution in [0.25, 0.3) is 0 Å². The van der Waals surface area contributed by atoms with Crippen LogP contribution in [0, 0.1) is 0 Å². The van der Waals surface area contributed by atoms with Gasteiger partial charge in [-0.1, -0.05) is 6.92 Å².